The lowest BCUT2D eigenvalue weighted by molar-refractivity contribution is 0.669. The maximum Gasteiger partial charge on any atom is 0.136 e. The van der Waals surface area contributed by atoms with E-state index in [1.54, 1.807) is 0 Å². The van der Waals surface area contributed by atoms with Gasteiger partial charge in [0.05, 0.1) is 11.0 Å². The van der Waals surface area contributed by atoms with E-state index in [1.165, 1.54) is 65.6 Å². The van der Waals surface area contributed by atoms with Crippen LogP contribution in [0.5, 0.6) is 0 Å². The van der Waals surface area contributed by atoms with E-state index in [4.69, 9.17) is 4.42 Å². The Morgan fingerprint density at radius 2 is 0.754 bits per heavy atom. The Morgan fingerprint density at radius 1 is 0.277 bits per heavy atom. The summed E-state index contributed by atoms with van der Waals surface area (Å²) in [4.78, 5) is 2.36. The van der Waals surface area contributed by atoms with Crippen molar-refractivity contribution >= 4 is 82.4 Å². The van der Waals surface area contributed by atoms with Crippen LogP contribution in [-0.2, 0) is 0 Å². The summed E-state index contributed by atoms with van der Waals surface area (Å²) in [5.74, 6) is 0. The fourth-order valence-corrected chi connectivity index (χ4v) is 9.98. The molecule has 304 valence electrons. The summed E-state index contributed by atoms with van der Waals surface area (Å²) in [5, 5.41) is 9.78. The van der Waals surface area contributed by atoms with Crippen LogP contribution in [0, 0.1) is 0 Å². The second-order valence-corrected chi connectivity index (χ2v) is 16.9. The summed E-state index contributed by atoms with van der Waals surface area (Å²) in [6, 6.07) is 87.7. The highest BCUT2D eigenvalue weighted by Crippen LogP contribution is 2.40. The fourth-order valence-electron chi connectivity index (χ4n) is 9.98. The molecule has 0 spiro atoms. The van der Waals surface area contributed by atoms with E-state index >= 15 is 0 Å². The zero-order valence-corrected chi connectivity index (χ0v) is 35.4. The number of hydrogen-bond acceptors (Lipinski definition) is 2. The Bertz CT molecular complexity index is 3880. The highest BCUT2D eigenvalue weighted by atomic mass is 16.3. The summed E-state index contributed by atoms with van der Waals surface area (Å²) in [6.07, 6.45) is 0. The normalized spacial score (nSPS) is 11.7. The smallest absolute Gasteiger partial charge is 0.136 e. The number of hydrogen-bond donors (Lipinski definition) is 0. The summed E-state index contributed by atoms with van der Waals surface area (Å²) < 4.78 is 8.63. The first-order valence-electron chi connectivity index (χ1n) is 22.2. The van der Waals surface area contributed by atoms with Gasteiger partial charge in [0, 0.05) is 44.3 Å². The highest BCUT2D eigenvalue weighted by Gasteiger charge is 2.17. The lowest BCUT2D eigenvalue weighted by atomic mass is 9.99. The predicted octanol–water partition coefficient (Wildman–Crippen LogP) is 17.5. The minimum Gasteiger partial charge on any atom is -0.456 e. The molecule has 0 N–H and O–H groups in total. The van der Waals surface area contributed by atoms with Crippen LogP contribution in [0.2, 0.25) is 0 Å². The first kappa shape index (κ1) is 36.9. The molecule has 11 aromatic carbocycles. The number of nitrogens with zero attached hydrogens (tertiary/aromatic N) is 2. The number of fused-ring (bicyclic) bond motifs is 9. The molecule has 0 aliphatic rings. The molecule has 2 aromatic heterocycles. The van der Waals surface area contributed by atoms with Crippen molar-refractivity contribution in [3.8, 4) is 39.1 Å². The average molecular weight is 829 g/mol. The monoisotopic (exact) mass is 828 g/mol. The fraction of sp³-hybridized carbons (Fsp3) is 0. The Morgan fingerprint density at radius 3 is 1.45 bits per heavy atom. The van der Waals surface area contributed by atoms with E-state index in [2.05, 4.69) is 240 Å². The third-order valence-corrected chi connectivity index (χ3v) is 13.2. The van der Waals surface area contributed by atoms with Crippen molar-refractivity contribution in [1.82, 2.24) is 4.57 Å². The van der Waals surface area contributed by atoms with Crippen molar-refractivity contribution in [2.24, 2.45) is 0 Å². The third-order valence-electron chi connectivity index (χ3n) is 13.2. The third kappa shape index (κ3) is 6.28. The molecule has 0 aliphatic carbocycles. The van der Waals surface area contributed by atoms with Gasteiger partial charge in [0.1, 0.15) is 11.2 Å². The van der Waals surface area contributed by atoms with Crippen LogP contribution in [0.25, 0.3) is 104 Å². The first-order valence-corrected chi connectivity index (χ1v) is 22.2. The molecule has 0 radical (unpaired) electrons. The van der Waals surface area contributed by atoms with E-state index in [1.807, 2.05) is 12.1 Å². The van der Waals surface area contributed by atoms with Crippen LogP contribution >= 0.6 is 0 Å². The number of rotatable bonds is 7. The van der Waals surface area contributed by atoms with Crippen molar-refractivity contribution < 1.29 is 4.42 Å². The van der Waals surface area contributed by atoms with Crippen molar-refractivity contribution in [1.29, 1.82) is 0 Å². The number of para-hydroxylation sites is 3. The van der Waals surface area contributed by atoms with Crippen LogP contribution in [0.15, 0.2) is 247 Å². The highest BCUT2D eigenvalue weighted by molar-refractivity contribution is 6.10. The second-order valence-electron chi connectivity index (χ2n) is 16.9. The Labute approximate surface area is 376 Å². The van der Waals surface area contributed by atoms with Gasteiger partial charge in [0.2, 0.25) is 0 Å². The minimum absolute atomic E-state index is 0.900. The van der Waals surface area contributed by atoms with Crippen LogP contribution in [0.3, 0.4) is 0 Å². The molecule has 0 fully saturated rings. The quantitative estimate of drug-likeness (QED) is 0.149. The van der Waals surface area contributed by atoms with E-state index < -0.39 is 0 Å². The molecule has 0 unspecified atom stereocenters. The van der Waals surface area contributed by atoms with Crippen LogP contribution in [-0.4, -0.2) is 4.57 Å². The van der Waals surface area contributed by atoms with Gasteiger partial charge in [-0.05, 0) is 134 Å². The molecule has 0 aliphatic heterocycles. The Balaban J connectivity index is 0.835. The molecular weight excluding hydrogens is 789 g/mol. The molecule has 3 heteroatoms. The maximum atomic E-state index is 6.25. The average Bonchev–Trinajstić information content (AvgIpc) is 3.92. The zero-order chi connectivity index (χ0) is 42.8. The predicted molar refractivity (Wildman–Crippen MR) is 274 cm³/mol. The molecule has 13 aromatic rings. The summed E-state index contributed by atoms with van der Waals surface area (Å²) in [6.45, 7) is 0. The molecule has 65 heavy (non-hydrogen) atoms. The molecule has 0 saturated heterocycles. The zero-order valence-electron chi connectivity index (χ0n) is 35.4. The van der Waals surface area contributed by atoms with Gasteiger partial charge in [-0.25, -0.2) is 0 Å². The number of furan rings is 1. The molecule has 0 saturated carbocycles. The van der Waals surface area contributed by atoms with Gasteiger partial charge in [-0.3, -0.25) is 0 Å². The van der Waals surface area contributed by atoms with Gasteiger partial charge in [0.25, 0.3) is 0 Å². The minimum atomic E-state index is 0.900. The largest absolute Gasteiger partial charge is 0.456 e. The van der Waals surface area contributed by atoms with Crippen LogP contribution in [0.1, 0.15) is 0 Å². The van der Waals surface area contributed by atoms with E-state index in [0.717, 1.165) is 55.8 Å². The van der Waals surface area contributed by atoms with E-state index in [9.17, 15) is 0 Å². The number of benzene rings is 11. The SMILES string of the molecule is c1cc(-c2ccc(-c3ccc(N(c4ccc(-c5ccc6c(c5)oc5ccccc56)cc4)c4ccc5c(ccc6ccccc65)c4)cc3)cc2)cc(-n2c3ccccc3c3ccccc32)c1. The summed E-state index contributed by atoms with van der Waals surface area (Å²) in [7, 11) is 0. The molecule has 0 atom stereocenters. The van der Waals surface area contributed by atoms with Crippen LogP contribution in [0.4, 0.5) is 17.1 Å². The molecule has 3 nitrogen and oxygen atoms in total. The van der Waals surface area contributed by atoms with E-state index in [-0.39, 0.29) is 0 Å². The molecule has 0 bridgehead atoms. The maximum absolute atomic E-state index is 6.25. The lowest BCUT2D eigenvalue weighted by Crippen LogP contribution is -2.09. The standard InChI is InChI=1S/C62H40N2O/c1-2-13-53-45(10-1)24-25-48-39-52(35-37-54(48)53)63(50-33-28-44(29-34-50)47-30-36-58-57-16-5-8-19-61(57)65-62(58)40-47)49-31-26-42(27-32-49)41-20-22-43(23-21-41)46-11-9-12-51(38-46)64-59-17-6-3-14-55(59)56-15-4-7-18-60(56)64/h1-40H. The topological polar surface area (TPSA) is 21.3 Å². The van der Waals surface area contributed by atoms with Gasteiger partial charge in [-0.15, -0.1) is 0 Å². The Hall–Kier alpha value is -8.66. The molecule has 0 amide bonds. The van der Waals surface area contributed by atoms with Gasteiger partial charge >= 0.3 is 0 Å². The Kier molecular flexibility index (Phi) is 8.53. The lowest BCUT2D eigenvalue weighted by Gasteiger charge is -2.26. The van der Waals surface area contributed by atoms with Crippen molar-refractivity contribution in [3.63, 3.8) is 0 Å². The van der Waals surface area contributed by atoms with Crippen molar-refractivity contribution in [3.05, 3.63) is 243 Å². The van der Waals surface area contributed by atoms with Gasteiger partial charge in [-0.2, -0.15) is 0 Å². The van der Waals surface area contributed by atoms with Crippen LogP contribution < -0.4 is 4.90 Å². The van der Waals surface area contributed by atoms with Gasteiger partial charge < -0.3 is 13.9 Å². The first-order chi connectivity index (χ1) is 32.2. The van der Waals surface area contributed by atoms with Gasteiger partial charge in [0.15, 0.2) is 0 Å². The number of aromatic nitrogens is 1. The molecule has 2 heterocycles. The summed E-state index contributed by atoms with van der Waals surface area (Å²) in [5.41, 5.74) is 15.6. The summed E-state index contributed by atoms with van der Waals surface area (Å²) >= 11 is 0. The molecule has 13 rings (SSSR count). The second kappa shape index (κ2) is 15.0. The van der Waals surface area contributed by atoms with Gasteiger partial charge in [-0.1, -0.05) is 164 Å². The van der Waals surface area contributed by atoms with E-state index in [0.29, 0.717) is 0 Å². The molecular formula is C62H40N2O. The van der Waals surface area contributed by atoms with Crippen molar-refractivity contribution in [2.75, 3.05) is 4.90 Å². The van der Waals surface area contributed by atoms with Crippen molar-refractivity contribution in [2.45, 2.75) is 0 Å². The number of anilines is 3.